The van der Waals surface area contributed by atoms with Gasteiger partial charge in [0.1, 0.15) is 5.82 Å². The highest BCUT2D eigenvalue weighted by atomic mass is 79.9. The molecule has 0 aliphatic heterocycles. The van der Waals surface area contributed by atoms with Gasteiger partial charge < -0.3 is 5.32 Å². The molecular formula is C16H15BrFN. The maximum absolute atomic E-state index is 13.3. The quantitative estimate of drug-likeness (QED) is 0.865. The second-order valence-electron chi connectivity index (χ2n) is 4.97. The lowest BCUT2D eigenvalue weighted by Gasteiger charge is -2.09. The Hall–Kier alpha value is -1.35. The zero-order valence-electron chi connectivity index (χ0n) is 10.5. The predicted octanol–water partition coefficient (Wildman–Crippen LogP) is 4.69. The first kappa shape index (κ1) is 12.7. The summed E-state index contributed by atoms with van der Waals surface area (Å²) in [7, 11) is 0. The van der Waals surface area contributed by atoms with Crippen LogP contribution in [0.1, 0.15) is 23.1 Å². The number of rotatable bonds is 3. The minimum absolute atomic E-state index is 0.208. The number of aryl methyl sites for hydroxylation is 2. The van der Waals surface area contributed by atoms with Crippen LogP contribution in [0.15, 0.2) is 40.9 Å². The van der Waals surface area contributed by atoms with Gasteiger partial charge >= 0.3 is 0 Å². The van der Waals surface area contributed by atoms with E-state index in [0.29, 0.717) is 6.54 Å². The van der Waals surface area contributed by atoms with Crippen LogP contribution in [0.4, 0.5) is 10.1 Å². The van der Waals surface area contributed by atoms with Gasteiger partial charge in [-0.05, 0) is 66.3 Å². The summed E-state index contributed by atoms with van der Waals surface area (Å²) in [6.07, 6.45) is 3.64. The average molecular weight is 320 g/mol. The largest absolute Gasteiger partial charge is 0.381 e. The zero-order chi connectivity index (χ0) is 13.2. The van der Waals surface area contributed by atoms with Crippen molar-refractivity contribution >= 4 is 21.6 Å². The Morgan fingerprint density at radius 2 is 1.89 bits per heavy atom. The fourth-order valence-corrected chi connectivity index (χ4v) is 3.11. The van der Waals surface area contributed by atoms with Crippen LogP contribution in [0, 0.1) is 5.82 Å². The highest BCUT2D eigenvalue weighted by Crippen LogP contribution is 2.25. The molecule has 3 rings (SSSR count). The molecule has 3 heteroatoms. The van der Waals surface area contributed by atoms with Crippen LogP contribution in [0.25, 0.3) is 0 Å². The van der Waals surface area contributed by atoms with Gasteiger partial charge in [-0.15, -0.1) is 0 Å². The van der Waals surface area contributed by atoms with Crippen molar-refractivity contribution in [1.82, 2.24) is 0 Å². The smallest absolute Gasteiger partial charge is 0.124 e. The van der Waals surface area contributed by atoms with E-state index in [1.165, 1.54) is 36.5 Å². The van der Waals surface area contributed by atoms with Crippen LogP contribution in [0.2, 0.25) is 0 Å². The molecule has 0 heterocycles. The lowest BCUT2D eigenvalue weighted by Crippen LogP contribution is -2.00. The molecule has 0 atom stereocenters. The summed E-state index contributed by atoms with van der Waals surface area (Å²) in [6.45, 7) is 0.634. The third kappa shape index (κ3) is 2.98. The molecule has 0 fully saturated rings. The van der Waals surface area contributed by atoms with E-state index in [-0.39, 0.29) is 5.82 Å². The second-order valence-corrected chi connectivity index (χ2v) is 5.88. The molecule has 1 aliphatic rings. The molecule has 1 aliphatic carbocycles. The SMILES string of the molecule is Fc1cc(Br)cc(CNc2ccc3c(c2)CCC3)c1. The van der Waals surface area contributed by atoms with Gasteiger partial charge in [-0.3, -0.25) is 0 Å². The van der Waals surface area contributed by atoms with E-state index in [4.69, 9.17) is 0 Å². The van der Waals surface area contributed by atoms with Gasteiger partial charge in [0.25, 0.3) is 0 Å². The van der Waals surface area contributed by atoms with E-state index in [1.807, 2.05) is 6.07 Å². The Morgan fingerprint density at radius 1 is 1.05 bits per heavy atom. The van der Waals surface area contributed by atoms with Crippen LogP contribution < -0.4 is 5.32 Å². The van der Waals surface area contributed by atoms with E-state index in [1.54, 1.807) is 6.07 Å². The molecule has 0 radical (unpaired) electrons. The first-order valence-corrected chi connectivity index (χ1v) is 7.31. The van der Waals surface area contributed by atoms with Gasteiger partial charge in [0, 0.05) is 16.7 Å². The third-order valence-electron chi connectivity index (χ3n) is 3.52. The van der Waals surface area contributed by atoms with Crippen molar-refractivity contribution in [3.8, 4) is 0 Å². The topological polar surface area (TPSA) is 12.0 Å². The van der Waals surface area contributed by atoms with Crippen LogP contribution in [0.3, 0.4) is 0 Å². The molecule has 0 unspecified atom stereocenters. The van der Waals surface area contributed by atoms with Crippen molar-refractivity contribution < 1.29 is 4.39 Å². The molecule has 0 saturated heterocycles. The minimum Gasteiger partial charge on any atom is -0.381 e. The normalized spacial score (nSPS) is 13.4. The molecule has 0 bridgehead atoms. The van der Waals surface area contributed by atoms with Crippen LogP contribution >= 0.6 is 15.9 Å². The number of fused-ring (bicyclic) bond motifs is 1. The standard InChI is InChI=1S/C16H15BrFN/c17-14-6-11(7-15(18)9-14)10-19-16-5-4-12-2-1-3-13(12)8-16/h4-9,19H,1-3,10H2. The number of hydrogen-bond acceptors (Lipinski definition) is 1. The summed E-state index contributed by atoms with van der Waals surface area (Å²) in [4.78, 5) is 0. The van der Waals surface area contributed by atoms with Crippen LogP contribution in [-0.4, -0.2) is 0 Å². The van der Waals surface area contributed by atoms with E-state index >= 15 is 0 Å². The number of halogens is 2. The van der Waals surface area contributed by atoms with Gasteiger partial charge in [-0.2, -0.15) is 0 Å². The molecule has 0 aromatic heterocycles. The fraction of sp³-hybridized carbons (Fsp3) is 0.250. The summed E-state index contributed by atoms with van der Waals surface area (Å²) < 4.78 is 14.1. The molecule has 0 saturated carbocycles. The van der Waals surface area contributed by atoms with E-state index in [2.05, 4.69) is 39.4 Å². The third-order valence-corrected chi connectivity index (χ3v) is 3.98. The lowest BCUT2D eigenvalue weighted by molar-refractivity contribution is 0.625. The van der Waals surface area contributed by atoms with Gasteiger partial charge in [0.15, 0.2) is 0 Å². The number of benzene rings is 2. The predicted molar refractivity (Wildman–Crippen MR) is 79.9 cm³/mol. The minimum atomic E-state index is -0.208. The Balaban J connectivity index is 1.72. The molecule has 1 N–H and O–H groups in total. The van der Waals surface area contributed by atoms with Crippen molar-refractivity contribution in [2.24, 2.45) is 0 Å². The maximum Gasteiger partial charge on any atom is 0.124 e. The van der Waals surface area contributed by atoms with Gasteiger partial charge in [0.05, 0.1) is 0 Å². The summed E-state index contributed by atoms with van der Waals surface area (Å²) in [5.41, 5.74) is 4.97. The first-order chi connectivity index (χ1) is 9.20. The molecule has 0 spiro atoms. The molecule has 98 valence electrons. The molecule has 1 nitrogen and oxygen atoms in total. The van der Waals surface area contributed by atoms with Crippen molar-refractivity contribution in [1.29, 1.82) is 0 Å². The maximum atomic E-state index is 13.3. The summed E-state index contributed by atoms with van der Waals surface area (Å²) in [5.74, 6) is -0.208. The Kier molecular flexibility index (Phi) is 3.56. The van der Waals surface area contributed by atoms with E-state index in [9.17, 15) is 4.39 Å². The van der Waals surface area contributed by atoms with Crippen LogP contribution in [0.5, 0.6) is 0 Å². The van der Waals surface area contributed by atoms with Gasteiger partial charge in [-0.1, -0.05) is 22.0 Å². The van der Waals surface area contributed by atoms with Gasteiger partial charge in [0.2, 0.25) is 0 Å². The molecule has 19 heavy (non-hydrogen) atoms. The molecular weight excluding hydrogens is 305 g/mol. The zero-order valence-corrected chi connectivity index (χ0v) is 12.1. The Morgan fingerprint density at radius 3 is 2.74 bits per heavy atom. The summed E-state index contributed by atoms with van der Waals surface area (Å²) in [6, 6.07) is 11.5. The lowest BCUT2D eigenvalue weighted by atomic mass is 10.1. The molecule has 0 amide bonds. The van der Waals surface area contributed by atoms with Gasteiger partial charge in [-0.25, -0.2) is 4.39 Å². The Bertz CT molecular complexity index is 589. The number of hydrogen-bond donors (Lipinski definition) is 1. The summed E-state index contributed by atoms with van der Waals surface area (Å²) in [5, 5.41) is 3.36. The first-order valence-electron chi connectivity index (χ1n) is 6.51. The monoisotopic (exact) mass is 319 g/mol. The second kappa shape index (κ2) is 5.33. The van der Waals surface area contributed by atoms with Crippen molar-refractivity contribution in [3.05, 3.63) is 63.4 Å². The average Bonchev–Trinajstić information content (AvgIpc) is 2.82. The Labute approximate surface area is 121 Å². The van der Waals surface area contributed by atoms with Crippen LogP contribution in [-0.2, 0) is 19.4 Å². The van der Waals surface area contributed by atoms with Crippen molar-refractivity contribution in [2.75, 3.05) is 5.32 Å². The number of anilines is 1. The van der Waals surface area contributed by atoms with E-state index in [0.717, 1.165) is 15.7 Å². The highest BCUT2D eigenvalue weighted by molar-refractivity contribution is 9.10. The van der Waals surface area contributed by atoms with E-state index < -0.39 is 0 Å². The van der Waals surface area contributed by atoms with Crippen molar-refractivity contribution in [2.45, 2.75) is 25.8 Å². The molecule has 2 aromatic carbocycles. The summed E-state index contributed by atoms with van der Waals surface area (Å²) >= 11 is 3.31. The van der Waals surface area contributed by atoms with Crippen molar-refractivity contribution in [3.63, 3.8) is 0 Å². The molecule has 2 aromatic rings. The highest BCUT2D eigenvalue weighted by Gasteiger charge is 2.10. The number of nitrogens with one attached hydrogen (secondary N) is 1. The fourth-order valence-electron chi connectivity index (χ4n) is 2.60.